The molecule has 76 valence electrons. The Bertz CT molecular complexity index is 307. The number of aromatic nitrogens is 1. The Kier molecular flexibility index (Phi) is 2.68. The van der Waals surface area contributed by atoms with Crippen LogP contribution in [0.5, 0.6) is 0 Å². The Balaban J connectivity index is 1.99. The highest BCUT2D eigenvalue weighted by Gasteiger charge is 2.22. The second kappa shape index (κ2) is 3.96. The van der Waals surface area contributed by atoms with E-state index >= 15 is 0 Å². The number of nitrogen functional groups attached to an aromatic ring is 1. The molecule has 0 aliphatic heterocycles. The van der Waals surface area contributed by atoms with Gasteiger partial charge in [0, 0.05) is 18.8 Å². The van der Waals surface area contributed by atoms with Crippen LogP contribution in [0.4, 0.5) is 5.69 Å². The molecule has 1 aromatic heterocycles. The van der Waals surface area contributed by atoms with Gasteiger partial charge in [-0.2, -0.15) is 0 Å². The monoisotopic (exact) mass is 191 g/mol. The molecule has 1 saturated carbocycles. The first kappa shape index (κ1) is 9.46. The molecule has 0 unspecified atom stereocenters. The molecule has 0 bridgehead atoms. The molecule has 1 heterocycles. The Morgan fingerprint density at radius 3 is 2.93 bits per heavy atom. The van der Waals surface area contributed by atoms with Gasteiger partial charge in [-0.3, -0.25) is 9.88 Å². The maximum absolute atomic E-state index is 5.84. The zero-order valence-electron chi connectivity index (χ0n) is 8.61. The van der Waals surface area contributed by atoms with Crippen LogP contribution in [0.3, 0.4) is 0 Å². The van der Waals surface area contributed by atoms with Crippen molar-refractivity contribution in [3.8, 4) is 0 Å². The third kappa shape index (κ3) is 1.87. The minimum Gasteiger partial charge on any atom is -0.397 e. The van der Waals surface area contributed by atoms with Crippen molar-refractivity contribution < 1.29 is 0 Å². The summed E-state index contributed by atoms with van der Waals surface area (Å²) in [6.45, 7) is 0.872. The topological polar surface area (TPSA) is 42.2 Å². The van der Waals surface area contributed by atoms with E-state index in [1.165, 1.54) is 19.3 Å². The smallest absolute Gasteiger partial charge is 0.0772 e. The second-order valence-corrected chi connectivity index (χ2v) is 4.04. The van der Waals surface area contributed by atoms with Crippen molar-refractivity contribution in [2.24, 2.45) is 0 Å². The largest absolute Gasteiger partial charge is 0.397 e. The number of hydrogen-bond acceptors (Lipinski definition) is 3. The van der Waals surface area contributed by atoms with Gasteiger partial charge in [0.25, 0.3) is 0 Å². The summed E-state index contributed by atoms with van der Waals surface area (Å²) in [4.78, 5) is 6.64. The van der Waals surface area contributed by atoms with Crippen molar-refractivity contribution in [1.29, 1.82) is 0 Å². The first-order valence-electron chi connectivity index (χ1n) is 5.17. The lowest BCUT2D eigenvalue weighted by Crippen LogP contribution is -2.36. The van der Waals surface area contributed by atoms with E-state index in [-0.39, 0.29) is 0 Å². The van der Waals surface area contributed by atoms with Crippen molar-refractivity contribution in [3.63, 3.8) is 0 Å². The average Bonchev–Trinajstić information content (AvgIpc) is 2.05. The van der Waals surface area contributed by atoms with Gasteiger partial charge in [-0.1, -0.05) is 6.42 Å². The van der Waals surface area contributed by atoms with Crippen LogP contribution in [0.1, 0.15) is 25.0 Å². The third-order valence-electron chi connectivity index (χ3n) is 3.02. The molecule has 3 nitrogen and oxygen atoms in total. The molecule has 0 spiro atoms. The lowest BCUT2D eigenvalue weighted by Gasteiger charge is -2.34. The molecule has 1 aromatic rings. The molecule has 0 radical (unpaired) electrons. The van der Waals surface area contributed by atoms with E-state index in [0.717, 1.165) is 24.0 Å². The van der Waals surface area contributed by atoms with Crippen LogP contribution in [0.15, 0.2) is 18.3 Å². The van der Waals surface area contributed by atoms with Gasteiger partial charge in [-0.25, -0.2) is 0 Å². The predicted octanol–water partition coefficient (Wildman–Crippen LogP) is 1.65. The van der Waals surface area contributed by atoms with Crippen molar-refractivity contribution >= 4 is 5.69 Å². The minimum atomic E-state index is 0.747. The summed E-state index contributed by atoms with van der Waals surface area (Å²) < 4.78 is 0. The molecular formula is C11H17N3. The molecular weight excluding hydrogens is 174 g/mol. The minimum absolute atomic E-state index is 0.747. The van der Waals surface area contributed by atoms with Gasteiger partial charge < -0.3 is 5.73 Å². The molecule has 1 aliphatic carbocycles. The van der Waals surface area contributed by atoms with Gasteiger partial charge in [0.1, 0.15) is 0 Å². The van der Waals surface area contributed by atoms with Gasteiger partial charge in [0.15, 0.2) is 0 Å². The molecule has 2 N–H and O–H groups in total. The van der Waals surface area contributed by atoms with E-state index in [0.29, 0.717) is 0 Å². The summed E-state index contributed by atoms with van der Waals surface area (Å²) >= 11 is 0. The Labute approximate surface area is 84.9 Å². The summed E-state index contributed by atoms with van der Waals surface area (Å²) in [6.07, 6.45) is 5.82. The lowest BCUT2D eigenvalue weighted by atomic mass is 9.92. The van der Waals surface area contributed by atoms with Crippen LogP contribution in [0, 0.1) is 0 Å². The van der Waals surface area contributed by atoms with Gasteiger partial charge in [-0.15, -0.1) is 0 Å². The van der Waals surface area contributed by atoms with Crippen LogP contribution < -0.4 is 5.73 Å². The standard InChI is InChI=1S/C11H17N3/c1-14(9-4-2-5-9)8-11-10(12)6-3-7-13-11/h3,6-7,9H,2,4-5,8,12H2,1H3. The van der Waals surface area contributed by atoms with Crippen LogP contribution in [-0.2, 0) is 6.54 Å². The molecule has 2 rings (SSSR count). The van der Waals surface area contributed by atoms with Crippen molar-refractivity contribution in [2.45, 2.75) is 31.8 Å². The van der Waals surface area contributed by atoms with Gasteiger partial charge in [0.2, 0.25) is 0 Å². The molecule has 0 atom stereocenters. The highest BCUT2D eigenvalue weighted by atomic mass is 15.1. The zero-order chi connectivity index (χ0) is 9.97. The van der Waals surface area contributed by atoms with Crippen LogP contribution in [-0.4, -0.2) is 23.0 Å². The Morgan fingerprint density at radius 1 is 1.57 bits per heavy atom. The number of anilines is 1. The summed E-state index contributed by atoms with van der Waals surface area (Å²) in [7, 11) is 2.15. The SMILES string of the molecule is CN(Cc1ncccc1N)C1CCC1. The molecule has 0 amide bonds. The number of nitrogens with zero attached hydrogens (tertiary/aromatic N) is 2. The van der Waals surface area contributed by atoms with Gasteiger partial charge in [-0.05, 0) is 32.0 Å². The summed E-state index contributed by atoms with van der Waals surface area (Å²) in [5.41, 5.74) is 7.65. The van der Waals surface area contributed by atoms with Gasteiger partial charge in [0.05, 0.1) is 11.4 Å². The average molecular weight is 191 g/mol. The highest BCUT2D eigenvalue weighted by molar-refractivity contribution is 5.41. The van der Waals surface area contributed by atoms with Crippen molar-refractivity contribution in [3.05, 3.63) is 24.0 Å². The molecule has 14 heavy (non-hydrogen) atoms. The predicted molar refractivity (Wildman–Crippen MR) is 57.8 cm³/mol. The van der Waals surface area contributed by atoms with E-state index in [1.807, 2.05) is 12.1 Å². The molecule has 1 aliphatic rings. The molecule has 0 aromatic carbocycles. The van der Waals surface area contributed by atoms with E-state index in [1.54, 1.807) is 6.20 Å². The number of rotatable bonds is 3. The number of hydrogen-bond donors (Lipinski definition) is 1. The fourth-order valence-corrected chi connectivity index (χ4v) is 1.78. The summed E-state index contributed by atoms with van der Waals surface area (Å²) in [5, 5.41) is 0. The normalized spacial score (nSPS) is 17.0. The summed E-state index contributed by atoms with van der Waals surface area (Å²) in [6, 6.07) is 4.54. The molecule has 1 fully saturated rings. The van der Waals surface area contributed by atoms with E-state index in [9.17, 15) is 0 Å². The lowest BCUT2D eigenvalue weighted by molar-refractivity contribution is 0.151. The Morgan fingerprint density at radius 2 is 2.36 bits per heavy atom. The first-order chi connectivity index (χ1) is 6.77. The fraction of sp³-hybridized carbons (Fsp3) is 0.545. The van der Waals surface area contributed by atoms with Crippen molar-refractivity contribution in [2.75, 3.05) is 12.8 Å². The van der Waals surface area contributed by atoms with Crippen LogP contribution >= 0.6 is 0 Å². The van der Waals surface area contributed by atoms with Crippen molar-refractivity contribution in [1.82, 2.24) is 9.88 Å². The van der Waals surface area contributed by atoms with Crippen LogP contribution in [0.25, 0.3) is 0 Å². The molecule has 0 saturated heterocycles. The third-order valence-corrected chi connectivity index (χ3v) is 3.02. The highest BCUT2D eigenvalue weighted by Crippen LogP contribution is 2.25. The first-order valence-corrected chi connectivity index (χ1v) is 5.17. The molecule has 3 heteroatoms. The maximum Gasteiger partial charge on any atom is 0.0772 e. The number of nitrogens with two attached hydrogens (primary N) is 1. The van der Waals surface area contributed by atoms with E-state index in [2.05, 4.69) is 16.9 Å². The van der Waals surface area contributed by atoms with E-state index in [4.69, 9.17) is 5.73 Å². The van der Waals surface area contributed by atoms with Crippen LogP contribution in [0.2, 0.25) is 0 Å². The Hall–Kier alpha value is -1.09. The van der Waals surface area contributed by atoms with Gasteiger partial charge >= 0.3 is 0 Å². The zero-order valence-corrected chi connectivity index (χ0v) is 8.61. The quantitative estimate of drug-likeness (QED) is 0.790. The fourth-order valence-electron chi connectivity index (χ4n) is 1.78. The maximum atomic E-state index is 5.84. The number of pyridine rings is 1. The van der Waals surface area contributed by atoms with E-state index < -0.39 is 0 Å². The second-order valence-electron chi connectivity index (χ2n) is 4.04. The summed E-state index contributed by atoms with van der Waals surface area (Å²) in [5.74, 6) is 0.